The Labute approximate surface area is 102 Å². The van der Waals surface area contributed by atoms with Gasteiger partial charge in [0.15, 0.2) is 0 Å². The number of hydrogen-bond acceptors (Lipinski definition) is 2. The lowest BCUT2D eigenvalue weighted by Crippen LogP contribution is -2.24. The summed E-state index contributed by atoms with van der Waals surface area (Å²) in [5.41, 5.74) is -2.27. The number of rotatable bonds is 2. The Balaban J connectivity index is 3.36. The normalized spacial score (nSPS) is 12.6. The van der Waals surface area contributed by atoms with E-state index in [0.29, 0.717) is 6.07 Å². The topological polar surface area (TPSA) is 17.1 Å². The highest BCUT2D eigenvalue weighted by molar-refractivity contribution is 7.98. The van der Waals surface area contributed by atoms with Crippen LogP contribution in [0.25, 0.3) is 0 Å². The summed E-state index contributed by atoms with van der Waals surface area (Å²) in [7, 11) is 0. The number of hydrogen-bond donors (Lipinski definition) is 0. The van der Waals surface area contributed by atoms with Gasteiger partial charge in [0.05, 0.1) is 5.56 Å². The molecule has 18 heavy (non-hydrogen) atoms. The zero-order valence-corrected chi connectivity index (χ0v) is 9.63. The summed E-state index contributed by atoms with van der Waals surface area (Å²) < 4.78 is 73.8. The smallest absolute Gasteiger partial charge is 0.284 e. The number of benzene rings is 1. The van der Waals surface area contributed by atoms with Crippen molar-refractivity contribution in [3.63, 3.8) is 0 Å². The fourth-order valence-corrected chi connectivity index (χ4v) is 1.79. The molecule has 0 fully saturated rings. The molecular formula is C10H6F6OS. The average Bonchev–Trinajstić information content (AvgIpc) is 2.24. The van der Waals surface area contributed by atoms with E-state index < -0.39 is 29.3 Å². The number of alkyl halides is 6. The van der Waals surface area contributed by atoms with Crippen LogP contribution in [0.1, 0.15) is 15.9 Å². The minimum Gasteiger partial charge on any atom is -0.284 e. The first-order valence-corrected chi connectivity index (χ1v) is 5.66. The molecule has 1 aromatic carbocycles. The Morgan fingerprint density at radius 1 is 1.11 bits per heavy atom. The second-order valence-corrected chi connectivity index (χ2v) is 4.09. The van der Waals surface area contributed by atoms with Crippen molar-refractivity contribution in [2.45, 2.75) is 17.2 Å². The molecule has 0 aliphatic rings. The molecule has 0 saturated carbocycles. The van der Waals surface area contributed by atoms with Gasteiger partial charge in [-0.25, -0.2) is 0 Å². The van der Waals surface area contributed by atoms with Crippen molar-refractivity contribution in [2.24, 2.45) is 0 Å². The number of carbonyl (C=O) groups is 1. The van der Waals surface area contributed by atoms with Crippen molar-refractivity contribution in [3.05, 3.63) is 29.3 Å². The molecule has 100 valence electrons. The van der Waals surface area contributed by atoms with Gasteiger partial charge in [0.1, 0.15) is 0 Å². The molecule has 0 aromatic heterocycles. The summed E-state index contributed by atoms with van der Waals surface area (Å²) in [5.74, 6) is -2.28. The van der Waals surface area contributed by atoms with E-state index in [1.165, 1.54) is 6.26 Å². The molecule has 8 heteroatoms. The van der Waals surface area contributed by atoms with Crippen LogP contribution in [0.3, 0.4) is 0 Å². The summed E-state index contributed by atoms with van der Waals surface area (Å²) in [6.45, 7) is 0. The molecule has 0 unspecified atom stereocenters. The molecule has 0 spiro atoms. The van der Waals surface area contributed by atoms with Crippen molar-refractivity contribution < 1.29 is 31.1 Å². The molecule has 0 atom stereocenters. The Hall–Kier alpha value is -1.18. The molecule has 1 aromatic rings. The van der Waals surface area contributed by atoms with Crippen LogP contribution >= 0.6 is 11.8 Å². The van der Waals surface area contributed by atoms with Crippen molar-refractivity contribution in [1.29, 1.82) is 0 Å². The third-order valence-electron chi connectivity index (χ3n) is 2.03. The Bertz CT molecular complexity index is 462. The van der Waals surface area contributed by atoms with E-state index in [2.05, 4.69) is 0 Å². The number of halogens is 6. The van der Waals surface area contributed by atoms with E-state index in [1.54, 1.807) is 0 Å². The molecule has 0 radical (unpaired) electrons. The van der Waals surface area contributed by atoms with Crippen molar-refractivity contribution >= 4 is 17.5 Å². The Morgan fingerprint density at radius 3 is 2.06 bits per heavy atom. The highest BCUT2D eigenvalue weighted by Gasteiger charge is 2.41. The van der Waals surface area contributed by atoms with Gasteiger partial charge in [0.2, 0.25) is 0 Å². The number of carbonyl (C=O) groups excluding carboxylic acids is 1. The van der Waals surface area contributed by atoms with Gasteiger partial charge in [0, 0.05) is 10.5 Å². The van der Waals surface area contributed by atoms with Crippen LogP contribution in [-0.4, -0.2) is 18.2 Å². The van der Waals surface area contributed by atoms with Crippen LogP contribution < -0.4 is 0 Å². The van der Waals surface area contributed by atoms with E-state index in [0.717, 1.165) is 17.8 Å². The third-order valence-corrected chi connectivity index (χ3v) is 2.82. The quantitative estimate of drug-likeness (QED) is 0.461. The maximum Gasteiger partial charge on any atom is 0.454 e. The van der Waals surface area contributed by atoms with E-state index in [9.17, 15) is 31.1 Å². The first-order valence-electron chi connectivity index (χ1n) is 4.44. The van der Waals surface area contributed by atoms with Crippen LogP contribution in [-0.2, 0) is 6.18 Å². The largest absolute Gasteiger partial charge is 0.454 e. The highest BCUT2D eigenvalue weighted by Crippen LogP contribution is 2.34. The van der Waals surface area contributed by atoms with Gasteiger partial charge in [-0.05, 0) is 24.5 Å². The molecule has 0 aliphatic heterocycles. The predicted molar refractivity (Wildman–Crippen MR) is 53.6 cm³/mol. The van der Waals surface area contributed by atoms with Gasteiger partial charge >= 0.3 is 12.4 Å². The van der Waals surface area contributed by atoms with Crippen LogP contribution in [0.15, 0.2) is 23.1 Å². The minimum atomic E-state index is -5.20. The summed E-state index contributed by atoms with van der Waals surface area (Å²) in [5, 5.41) is 0. The van der Waals surface area contributed by atoms with E-state index >= 15 is 0 Å². The SMILES string of the molecule is CSc1ccc(C(F)(F)F)cc1C(=O)C(F)(F)F. The molecule has 1 rings (SSSR count). The molecule has 1 nitrogen and oxygen atoms in total. The van der Waals surface area contributed by atoms with Crippen molar-refractivity contribution in [3.8, 4) is 0 Å². The molecule has 0 amide bonds. The molecule has 0 N–H and O–H groups in total. The molecule has 0 heterocycles. The van der Waals surface area contributed by atoms with Gasteiger partial charge in [-0.15, -0.1) is 11.8 Å². The molecule has 0 aliphatic carbocycles. The first-order chi connectivity index (χ1) is 8.07. The lowest BCUT2D eigenvalue weighted by atomic mass is 10.1. The zero-order valence-electron chi connectivity index (χ0n) is 8.82. The monoisotopic (exact) mass is 288 g/mol. The average molecular weight is 288 g/mol. The van der Waals surface area contributed by atoms with Crippen LogP contribution in [0.2, 0.25) is 0 Å². The van der Waals surface area contributed by atoms with E-state index in [-0.39, 0.29) is 11.0 Å². The van der Waals surface area contributed by atoms with Crippen molar-refractivity contribution in [2.75, 3.05) is 6.26 Å². The van der Waals surface area contributed by atoms with Gasteiger partial charge in [-0.1, -0.05) is 0 Å². The molecule has 0 saturated heterocycles. The lowest BCUT2D eigenvalue weighted by molar-refractivity contribution is -0.137. The summed E-state index contributed by atoms with van der Waals surface area (Å²) in [6, 6.07) is 1.72. The fourth-order valence-electron chi connectivity index (χ4n) is 1.21. The van der Waals surface area contributed by atoms with Crippen LogP contribution in [0, 0.1) is 0 Å². The third kappa shape index (κ3) is 3.18. The molecule has 0 bridgehead atoms. The second kappa shape index (κ2) is 4.83. The second-order valence-electron chi connectivity index (χ2n) is 3.24. The van der Waals surface area contributed by atoms with Crippen LogP contribution in [0.5, 0.6) is 0 Å². The van der Waals surface area contributed by atoms with E-state index in [4.69, 9.17) is 0 Å². The van der Waals surface area contributed by atoms with Crippen molar-refractivity contribution in [1.82, 2.24) is 0 Å². The lowest BCUT2D eigenvalue weighted by Gasteiger charge is -2.12. The summed E-state index contributed by atoms with van der Waals surface area (Å²) in [4.78, 5) is 10.9. The summed E-state index contributed by atoms with van der Waals surface area (Å²) >= 11 is 0.771. The van der Waals surface area contributed by atoms with Crippen LogP contribution in [0.4, 0.5) is 26.3 Å². The molecular weight excluding hydrogens is 282 g/mol. The summed E-state index contributed by atoms with van der Waals surface area (Å²) in [6.07, 6.45) is -8.62. The Kier molecular flexibility index (Phi) is 3.99. The number of thioether (sulfide) groups is 1. The fraction of sp³-hybridized carbons (Fsp3) is 0.300. The zero-order chi connectivity index (χ0) is 14.1. The van der Waals surface area contributed by atoms with Gasteiger partial charge < -0.3 is 0 Å². The van der Waals surface area contributed by atoms with E-state index in [1.807, 2.05) is 0 Å². The predicted octanol–water partition coefficient (Wildman–Crippen LogP) is 4.17. The van der Waals surface area contributed by atoms with Gasteiger partial charge in [-0.2, -0.15) is 26.3 Å². The minimum absolute atomic E-state index is 0.148. The Morgan fingerprint density at radius 2 is 1.67 bits per heavy atom. The highest BCUT2D eigenvalue weighted by atomic mass is 32.2. The maximum absolute atomic E-state index is 12.4. The number of Topliss-reactive ketones (excluding diaryl/α,β-unsaturated/α-hetero) is 1. The van der Waals surface area contributed by atoms with Gasteiger partial charge in [0.25, 0.3) is 5.78 Å². The first kappa shape index (κ1) is 14.9. The number of ketones is 1. The van der Waals surface area contributed by atoms with Gasteiger partial charge in [-0.3, -0.25) is 4.79 Å². The maximum atomic E-state index is 12.4. The standard InChI is InChI=1S/C10H6F6OS/c1-18-7-3-2-5(9(11,12)13)4-6(7)8(17)10(14,15)16/h2-4H,1H3.